The second-order valence-electron chi connectivity index (χ2n) is 4.93. The predicted molar refractivity (Wildman–Crippen MR) is 76.3 cm³/mol. The minimum atomic E-state index is -0.235. The Kier molecular flexibility index (Phi) is 4.27. The van der Waals surface area contributed by atoms with Gasteiger partial charge < -0.3 is 20.3 Å². The van der Waals surface area contributed by atoms with Gasteiger partial charge in [-0.25, -0.2) is 0 Å². The molecule has 0 radical (unpaired) electrons. The van der Waals surface area contributed by atoms with Gasteiger partial charge in [0.05, 0.1) is 13.5 Å². The molecule has 0 spiro atoms. The van der Waals surface area contributed by atoms with Crippen LogP contribution in [0.4, 0.5) is 11.4 Å². The molecule has 5 nitrogen and oxygen atoms in total. The lowest BCUT2D eigenvalue weighted by Gasteiger charge is -2.35. The first-order valence-corrected chi connectivity index (χ1v) is 6.49. The van der Waals surface area contributed by atoms with Crippen molar-refractivity contribution in [3.8, 4) is 0 Å². The molecule has 1 aliphatic heterocycles. The molecule has 5 heteroatoms. The molecule has 2 rings (SSSR count). The van der Waals surface area contributed by atoms with Crippen LogP contribution in [0.3, 0.4) is 0 Å². The van der Waals surface area contributed by atoms with Crippen LogP contribution in [0.2, 0.25) is 0 Å². The minimum absolute atomic E-state index is 0.235. The van der Waals surface area contributed by atoms with Crippen molar-refractivity contribution in [2.75, 3.05) is 51.0 Å². The minimum Gasteiger partial charge on any atom is -0.469 e. The highest BCUT2D eigenvalue weighted by molar-refractivity contribution is 5.76. The maximum Gasteiger partial charge on any atom is 0.310 e. The van der Waals surface area contributed by atoms with Crippen molar-refractivity contribution in [2.45, 2.75) is 6.42 Å². The summed E-state index contributed by atoms with van der Waals surface area (Å²) in [5.74, 6) is -0.235. The van der Waals surface area contributed by atoms with Crippen LogP contribution < -0.4 is 10.6 Å². The van der Waals surface area contributed by atoms with E-state index in [1.807, 2.05) is 18.2 Å². The first-order valence-electron chi connectivity index (χ1n) is 6.49. The van der Waals surface area contributed by atoms with Crippen molar-refractivity contribution in [1.29, 1.82) is 0 Å². The summed E-state index contributed by atoms with van der Waals surface area (Å²) in [5, 5.41) is 0. The lowest BCUT2D eigenvalue weighted by atomic mass is 10.1. The van der Waals surface area contributed by atoms with Crippen molar-refractivity contribution >= 4 is 17.3 Å². The number of likely N-dealkylation sites (N-methyl/N-ethyl adjacent to an activating group) is 1. The van der Waals surface area contributed by atoms with Gasteiger partial charge in [0.2, 0.25) is 0 Å². The SMILES string of the molecule is COC(=O)Cc1cc(N)ccc1N1CCN(C)CC1. The zero-order valence-electron chi connectivity index (χ0n) is 11.6. The van der Waals surface area contributed by atoms with Crippen LogP contribution in [0.5, 0.6) is 0 Å². The fourth-order valence-electron chi connectivity index (χ4n) is 2.33. The Balaban J connectivity index is 2.21. The Labute approximate surface area is 113 Å². The van der Waals surface area contributed by atoms with Crippen LogP contribution in [0, 0.1) is 0 Å². The van der Waals surface area contributed by atoms with Crippen LogP contribution in [0.25, 0.3) is 0 Å². The van der Waals surface area contributed by atoms with Crippen molar-refractivity contribution in [3.05, 3.63) is 23.8 Å². The highest BCUT2D eigenvalue weighted by Gasteiger charge is 2.18. The quantitative estimate of drug-likeness (QED) is 0.644. The number of rotatable bonds is 3. The maximum atomic E-state index is 11.5. The van der Waals surface area contributed by atoms with E-state index in [0.717, 1.165) is 37.4 Å². The molecule has 1 heterocycles. The molecule has 1 aromatic carbocycles. The van der Waals surface area contributed by atoms with E-state index in [0.29, 0.717) is 5.69 Å². The lowest BCUT2D eigenvalue weighted by Crippen LogP contribution is -2.44. The lowest BCUT2D eigenvalue weighted by molar-refractivity contribution is -0.139. The zero-order chi connectivity index (χ0) is 13.8. The fourth-order valence-corrected chi connectivity index (χ4v) is 2.33. The summed E-state index contributed by atoms with van der Waals surface area (Å²) in [6, 6.07) is 5.75. The van der Waals surface area contributed by atoms with Gasteiger partial charge in [0.15, 0.2) is 0 Å². The van der Waals surface area contributed by atoms with Crippen molar-refractivity contribution < 1.29 is 9.53 Å². The number of benzene rings is 1. The van der Waals surface area contributed by atoms with Crippen LogP contribution in [-0.4, -0.2) is 51.2 Å². The molecule has 104 valence electrons. The molecule has 1 fully saturated rings. The van der Waals surface area contributed by atoms with E-state index in [1.165, 1.54) is 7.11 Å². The number of methoxy groups -OCH3 is 1. The van der Waals surface area contributed by atoms with Crippen LogP contribution >= 0.6 is 0 Å². The molecule has 19 heavy (non-hydrogen) atoms. The molecule has 0 aliphatic carbocycles. The van der Waals surface area contributed by atoms with Crippen molar-refractivity contribution in [3.63, 3.8) is 0 Å². The molecule has 0 amide bonds. The standard InChI is InChI=1S/C14H21N3O2/c1-16-5-7-17(8-6-16)13-4-3-12(15)9-11(13)10-14(18)19-2/h3-4,9H,5-8,10,15H2,1-2H3. The average molecular weight is 263 g/mol. The topological polar surface area (TPSA) is 58.8 Å². The van der Waals surface area contributed by atoms with E-state index in [1.54, 1.807) is 0 Å². The van der Waals surface area contributed by atoms with Gasteiger partial charge in [0, 0.05) is 37.6 Å². The second kappa shape index (κ2) is 5.93. The molecule has 1 aromatic rings. The molecule has 1 aliphatic rings. The van der Waals surface area contributed by atoms with Gasteiger partial charge in [-0.2, -0.15) is 0 Å². The normalized spacial score (nSPS) is 16.4. The Morgan fingerprint density at radius 2 is 2.00 bits per heavy atom. The number of nitrogen functional groups attached to an aromatic ring is 1. The summed E-state index contributed by atoms with van der Waals surface area (Å²) < 4.78 is 4.75. The number of carbonyl (C=O) groups is 1. The molecular formula is C14H21N3O2. The molecule has 0 unspecified atom stereocenters. The predicted octanol–water partition coefficient (Wildman–Crippen LogP) is 0.736. The number of piperazine rings is 1. The number of nitrogens with two attached hydrogens (primary N) is 1. The summed E-state index contributed by atoms with van der Waals surface area (Å²) >= 11 is 0. The summed E-state index contributed by atoms with van der Waals surface area (Å²) in [6.45, 7) is 3.99. The number of carbonyl (C=O) groups excluding carboxylic acids is 1. The van der Waals surface area contributed by atoms with Gasteiger partial charge >= 0.3 is 5.97 Å². The summed E-state index contributed by atoms with van der Waals surface area (Å²) in [6.07, 6.45) is 0.267. The van der Waals surface area contributed by atoms with Gasteiger partial charge in [-0.05, 0) is 30.8 Å². The number of hydrogen-bond donors (Lipinski definition) is 1. The number of hydrogen-bond acceptors (Lipinski definition) is 5. The Bertz CT molecular complexity index is 454. The van der Waals surface area contributed by atoms with E-state index in [9.17, 15) is 4.79 Å². The van der Waals surface area contributed by atoms with E-state index in [2.05, 4.69) is 16.8 Å². The van der Waals surface area contributed by atoms with E-state index in [4.69, 9.17) is 10.5 Å². The van der Waals surface area contributed by atoms with Gasteiger partial charge in [-0.15, -0.1) is 0 Å². The Hall–Kier alpha value is -1.75. The average Bonchev–Trinajstić information content (AvgIpc) is 2.40. The second-order valence-corrected chi connectivity index (χ2v) is 4.93. The van der Waals surface area contributed by atoms with Gasteiger partial charge in [-0.1, -0.05) is 0 Å². The van der Waals surface area contributed by atoms with Gasteiger partial charge in [0.1, 0.15) is 0 Å². The van der Waals surface area contributed by atoms with Crippen molar-refractivity contribution in [1.82, 2.24) is 4.90 Å². The molecule has 1 saturated heterocycles. The highest BCUT2D eigenvalue weighted by atomic mass is 16.5. The van der Waals surface area contributed by atoms with E-state index < -0.39 is 0 Å². The number of ether oxygens (including phenoxy) is 1. The van der Waals surface area contributed by atoms with Gasteiger partial charge in [-0.3, -0.25) is 4.79 Å². The van der Waals surface area contributed by atoms with Crippen LogP contribution in [0.1, 0.15) is 5.56 Å². The van der Waals surface area contributed by atoms with Crippen LogP contribution in [-0.2, 0) is 16.0 Å². The molecule has 0 aromatic heterocycles. The fraction of sp³-hybridized carbons (Fsp3) is 0.500. The Morgan fingerprint density at radius 1 is 1.32 bits per heavy atom. The monoisotopic (exact) mass is 263 g/mol. The smallest absolute Gasteiger partial charge is 0.310 e. The zero-order valence-corrected chi connectivity index (χ0v) is 11.6. The molecule has 0 saturated carbocycles. The third-order valence-corrected chi connectivity index (χ3v) is 3.51. The van der Waals surface area contributed by atoms with Crippen LogP contribution in [0.15, 0.2) is 18.2 Å². The summed E-state index contributed by atoms with van der Waals surface area (Å²) in [4.78, 5) is 16.1. The van der Waals surface area contributed by atoms with Gasteiger partial charge in [0.25, 0.3) is 0 Å². The van der Waals surface area contributed by atoms with E-state index >= 15 is 0 Å². The van der Waals surface area contributed by atoms with Crippen molar-refractivity contribution in [2.24, 2.45) is 0 Å². The van der Waals surface area contributed by atoms with E-state index in [-0.39, 0.29) is 12.4 Å². The summed E-state index contributed by atoms with van der Waals surface area (Å²) in [7, 11) is 3.53. The largest absolute Gasteiger partial charge is 0.469 e. The first-order chi connectivity index (χ1) is 9.10. The number of esters is 1. The summed E-state index contributed by atoms with van der Waals surface area (Å²) in [5.41, 5.74) is 8.53. The number of anilines is 2. The third kappa shape index (κ3) is 3.38. The first kappa shape index (κ1) is 13.7. The molecule has 2 N–H and O–H groups in total. The highest BCUT2D eigenvalue weighted by Crippen LogP contribution is 2.25. The third-order valence-electron chi connectivity index (χ3n) is 3.51. The molecule has 0 bridgehead atoms. The maximum absolute atomic E-state index is 11.5. The Morgan fingerprint density at radius 3 is 2.63 bits per heavy atom. The molecular weight excluding hydrogens is 242 g/mol. The number of nitrogens with zero attached hydrogens (tertiary/aromatic N) is 2. The molecule has 0 atom stereocenters.